The first-order valence-electron chi connectivity index (χ1n) is 7.27. The normalized spacial score (nSPS) is 16.8. The Morgan fingerprint density at radius 1 is 1.45 bits per heavy atom. The molecule has 0 aromatic carbocycles. The number of rotatable bonds is 5. The molecule has 0 saturated heterocycles. The molecule has 4 heteroatoms. The molecule has 20 heavy (non-hydrogen) atoms. The van der Waals surface area contributed by atoms with Gasteiger partial charge in [-0.3, -0.25) is 0 Å². The number of nitrogens with zero attached hydrogens (tertiary/aromatic N) is 1. The first-order valence-corrected chi connectivity index (χ1v) is 7.27. The minimum absolute atomic E-state index is 0.163. The number of hydrogen-bond acceptors (Lipinski definition) is 3. The van der Waals surface area contributed by atoms with E-state index in [-0.39, 0.29) is 5.41 Å². The minimum Gasteiger partial charge on any atom is -0.478 e. The van der Waals surface area contributed by atoms with Gasteiger partial charge in [-0.15, -0.1) is 0 Å². The summed E-state index contributed by atoms with van der Waals surface area (Å²) in [5.41, 5.74) is 0.940. The molecule has 2 N–H and O–H groups in total. The molecule has 1 heterocycles. The zero-order valence-corrected chi connectivity index (χ0v) is 12.7. The molecule has 110 valence electrons. The van der Waals surface area contributed by atoms with Crippen molar-refractivity contribution >= 4 is 11.8 Å². The van der Waals surface area contributed by atoms with Crippen molar-refractivity contribution in [2.75, 3.05) is 11.9 Å². The summed E-state index contributed by atoms with van der Waals surface area (Å²) < 4.78 is 0. The van der Waals surface area contributed by atoms with Crippen LogP contribution in [0.2, 0.25) is 0 Å². The average molecular weight is 276 g/mol. The summed E-state index contributed by atoms with van der Waals surface area (Å²) in [4.78, 5) is 15.8. The topological polar surface area (TPSA) is 62.2 Å². The van der Waals surface area contributed by atoms with E-state index in [0.29, 0.717) is 17.3 Å². The molecule has 1 unspecified atom stereocenters. The smallest absolute Gasteiger partial charge is 0.335 e. The molecule has 0 spiro atoms. The number of carboxylic acids is 1. The van der Waals surface area contributed by atoms with Crippen LogP contribution in [-0.4, -0.2) is 22.6 Å². The fourth-order valence-corrected chi connectivity index (χ4v) is 2.23. The Morgan fingerprint density at radius 2 is 2.10 bits per heavy atom. The number of pyridine rings is 1. The highest BCUT2D eigenvalue weighted by molar-refractivity contribution is 5.88. The third kappa shape index (κ3) is 3.71. The predicted molar refractivity (Wildman–Crippen MR) is 80.3 cm³/mol. The molecule has 0 aliphatic heterocycles. The second-order valence-electron chi connectivity index (χ2n) is 6.88. The third-order valence-electron chi connectivity index (χ3n) is 3.87. The Hall–Kier alpha value is -1.58. The van der Waals surface area contributed by atoms with Crippen LogP contribution in [0.15, 0.2) is 12.1 Å². The van der Waals surface area contributed by atoms with Crippen molar-refractivity contribution < 1.29 is 9.90 Å². The van der Waals surface area contributed by atoms with Crippen molar-refractivity contribution in [3.63, 3.8) is 0 Å². The molecular weight excluding hydrogens is 252 g/mol. The van der Waals surface area contributed by atoms with Gasteiger partial charge in [0.05, 0.1) is 5.56 Å². The van der Waals surface area contributed by atoms with E-state index in [0.717, 1.165) is 18.2 Å². The van der Waals surface area contributed by atoms with Gasteiger partial charge in [0.1, 0.15) is 5.82 Å². The van der Waals surface area contributed by atoms with Crippen molar-refractivity contribution in [2.24, 2.45) is 11.8 Å². The first-order chi connectivity index (χ1) is 9.27. The summed E-state index contributed by atoms with van der Waals surface area (Å²) in [6, 6.07) is 3.29. The summed E-state index contributed by atoms with van der Waals surface area (Å²) in [5, 5.41) is 12.5. The molecule has 2 rings (SSSR count). The van der Waals surface area contributed by atoms with Gasteiger partial charge in [0.2, 0.25) is 0 Å². The van der Waals surface area contributed by atoms with Crippen LogP contribution < -0.4 is 5.32 Å². The van der Waals surface area contributed by atoms with Gasteiger partial charge in [-0.25, -0.2) is 9.78 Å². The van der Waals surface area contributed by atoms with Gasteiger partial charge in [-0.2, -0.15) is 0 Å². The van der Waals surface area contributed by atoms with Gasteiger partial charge in [-0.05, 0) is 36.8 Å². The van der Waals surface area contributed by atoms with Gasteiger partial charge in [-0.1, -0.05) is 27.7 Å². The molecular formula is C16H24N2O2. The molecule has 0 amide bonds. The standard InChI is InChI=1S/C16H24N2O2/c1-10(11-5-6-11)9-17-14-8-12(15(19)20)7-13(18-14)16(2,3)4/h7-8,10-11H,5-6,9H2,1-4H3,(H,17,18)(H,19,20). The maximum atomic E-state index is 11.2. The van der Waals surface area contributed by atoms with E-state index in [1.165, 1.54) is 12.8 Å². The molecule has 1 aromatic heterocycles. The van der Waals surface area contributed by atoms with Crippen LogP contribution in [0.5, 0.6) is 0 Å². The van der Waals surface area contributed by atoms with Crippen molar-refractivity contribution in [3.8, 4) is 0 Å². The van der Waals surface area contributed by atoms with Crippen molar-refractivity contribution in [3.05, 3.63) is 23.4 Å². The summed E-state index contributed by atoms with van der Waals surface area (Å²) >= 11 is 0. The van der Waals surface area contributed by atoms with E-state index in [1.807, 2.05) is 20.8 Å². The Morgan fingerprint density at radius 3 is 2.60 bits per heavy atom. The van der Waals surface area contributed by atoms with Crippen LogP contribution in [-0.2, 0) is 5.41 Å². The molecule has 1 aliphatic rings. The van der Waals surface area contributed by atoms with E-state index >= 15 is 0 Å². The molecule has 0 radical (unpaired) electrons. The second-order valence-corrected chi connectivity index (χ2v) is 6.88. The Bertz CT molecular complexity index is 502. The number of hydrogen-bond donors (Lipinski definition) is 2. The minimum atomic E-state index is -0.906. The van der Waals surface area contributed by atoms with E-state index in [2.05, 4.69) is 17.2 Å². The first kappa shape index (κ1) is 14.8. The monoisotopic (exact) mass is 276 g/mol. The van der Waals surface area contributed by atoms with Gasteiger partial charge in [0.15, 0.2) is 0 Å². The number of aromatic carboxylic acids is 1. The van der Waals surface area contributed by atoms with Crippen LogP contribution in [0.25, 0.3) is 0 Å². The summed E-state index contributed by atoms with van der Waals surface area (Å²) in [6.07, 6.45) is 2.64. The van der Waals surface area contributed by atoms with Crippen LogP contribution in [0.3, 0.4) is 0 Å². The third-order valence-corrected chi connectivity index (χ3v) is 3.87. The molecule has 1 aromatic rings. The van der Waals surface area contributed by atoms with Crippen molar-refractivity contribution in [1.29, 1.82) is 0 Å². The summed E-state index contributed by atoms with van der Waals surface area (Å²) in [7, 11) is 0. The number of carboxylic acid groups (broad SMARTS) is 1. The molecule has 0 bridgehead atoms. The molecule has 1 fully saturated rings. The van der Waals surface area contributed by atoms with Crippen LogP contribution in [0.1, 0.15) is 56.6 Å². The van der Waals surface area contributed by atoms with Crippen LogP contribution >= 0.6 is 0 Å². The molecule has 4 nitrogen and oxygen atoms in total. The zero-order chi connectivity index (χ0) is 14.9. The molecule has 1 aliphatic carbocycles. The Kier molecular flexibility index (Phi) is 4.02. The highest BCUT2D eigenvalue weighted by atomic mass is 16.4. The lowest BCUT2D eigenvalue weighted by Gasteiger charge is -2.20. The SMILES string of the molecule is CC(CNc1cc(C(=O)O)cc(C(C)(C)C)n1)C1CC1. The zero-order valence-electron chi connectivity index (χ0n) is 12.7. The fraction of sp³-hybridized carbons (Fsp3) is 0.625. The predicted octanol–water partition coefficient (Wildman–Crippen LogP) is 3.54. The van der Waals surface area contributed by atoms with Gasteiger partial charge >= 0.3 is 5.97 Å². The number of nitrogens with one attached hydrogen (secondary N) is 1. The highest BCUT2D eigenvalue weighted by Crippen LogP contribution is 2.36. The molecule has 1 saturated carbocycles. The van der Waals surface area contributed by atoms with E-state index in [1.54, 1.807) is 12.1 Å². The fourth-order valence-electron chi connectivity index (χ4n) is 2.23. The lowest BCUT2D eigenvalue weighted by molar-refractivity contribution is 0.0696. The maximum Gasteiger partial charge on any atom is 0.335 e. The summed E-state index contributed by atoms with van der Waals surface area (Å²) in [6.45, 7) is 9.20. The average Bonchev–Trinajstić information content (AvgIpc) is 3.18. The van der Waals surface area contributed by atoms with Crippen molar-refractivity contribution in [2.45, 2.75) is 46.0 Å². The van der Waals surface area contributed by atoms with E-state index < -0.39 is 5.97 Å². The van der Waals surface area contributed by atoms with Crippen LogP contribution in [0.4, 0.5) is 5.82 Å². The lowest BCUT2D eigenvalue weighted by Crippen LogP contribution is -2.18. The van der Waals surface area contributed by atoms with E-state index in [4.69, 9.17) is 0 Å². The van der Waals surface area contributed by atoms with Gasteiger partial charge in [0.25, 0.3) is 0 Å². The maximum absolute atomic E-state index is 11.2. The van der Waals surface area contributed by atoms with Crippen LogP contribution in [0, 0.1) is 11.8 Å². The highest BCUT2D eigenvalue weighted by Gasteiger charge is 2.27. The van der Waals surface area contributed by atoms with Gasteiger partial charge < -0.3 is 10.4 Å². The quantitative estimate of drug-likeness (QED) is 0.863. The molecule has 1 atom stereocenters. The lowest BCUT2D eigenvalue weighted by atomic mass is 9.90. The number of anilines is 1. The summed E-state index contributed by atoms with van der Waals surface area (Å²) in [5.74, 6) is 1.20. The number of aromatic nitrogens is 1. The Balaban J connectivity index is 2.17. The Labute approximate surface area is 120 Å². The van der Waals surface area contributed by atoms with Crippen molar-refractivity contribution in [1.82, 2.24) is 4.98 Å². The van der Waals surface area contributed by atoms with Gasteiger partial charge in [0, 0.05) is 17.7 Å². The number of carbonyl (C=O) groups is 1. The second kappa shape index (κ2) is 5.43. The largest absolute Gasteiger partial charge is 0.478 e. The van der Waals surface area contributed by atoms with E-state index in [9.17, 15) is 9.90 Å².